The lowest BCUT2D eigenvalue weighted by Crippen LogP contribution is -2.29. The number of anilines is 1. The molecule has 0 spiro atoms. The van der Waals surface area contributed by atoms with Crippen molar-refractivity contribution in [3.05, 3.63) is 108 Å². The zero-order chi connectivity index (χ0) is 22.1. The first kappa shape index (κ1) is 20.5. The van der Waals surface area contributed by atoms with Crippen LogP contribution in [0.5, 0.6) is 5.75 Å². The van der Waals surface area contributed by atoms with Gasteiger partial charge in [-0.3, -0.25) is 4.98 Å². The van der Waals surface area contributed by atoms with Crippen molar-refractivity contribution in [1.29, 1.82) is 0 Å². The fourth-order valence-electron chi connectivity index (χ4n) is 4.13. The topological polar surface area (TPSA) is 42.3 Å². The fraction of sp³-hybridized carbons (Fsp3) is 0.120. The van der Waals surface area contributed by atoms with Gasteiger partial charge in [-0.2, -0.15) is 0 Å². The largest absolute Gasteiger partial charge is 0.495 e. The zero-order valence-corrected chi connectivity index (χ0v) is 18.9. The van der Waals surface area contributed by atoms with E-state index < -0.39 is 0 Å². The monoisotopic (exact) mass is 460 g/mol. The maximum absolute atomic E-state index is 6.46. The highest BCUT2D eigenvalue weighted by Gasteiger charge is 2.41. The van der Waals surface area contributed by atoms with E-state index in [9.17, 15) is 0 Å². The van der Waals surface area contributed by atoms with E-state index >= 15 is 0 Å². The number of benzene rings is 2. The molecular weight excluding hydrogens is 440 g/mol. The minimum Gasteiger partial charge on any atom is -0.495 e. The summed E-state index contributed by atoms with van der Waals surface area (Å²) in [4.78, 5) is 6.71. The average molecular weight is 461 g/mol. The number of rotatable bonds is 5. The molecule has 0 amide bonds. The maximum atomic E-state index is 6.46. The molecule has 1 aliphatic rings. The number of hydrogen-bond donors (Lipinski definition) is 1. The van der Waals surface area contributed by atoms with Crippen molar-refractivity contribution in [2.45, 2.75) is 12.1 Å². The summed E-state index contributed by atoms with van der Waals surface area (Å²) in [6.07, 6.45) is 6.02. The molecule has 4 aromatic rings. The lowest BCUT2D eigenvalue weighted by Gasteiger charge is -2.27. The van der Waals surface area contributed by atoms with Crippen LogP contribution in [0.15, 0.2) is 91.4 Å². The second kappa shape index (κ2) is 8.65. The van der Waals surface area contributed by atoms with Crippen LogP contribution in [-0.2, 0) is 0 Å². The van der Waals surface area contributed by atoms with Crippen LogP contribution in [0.4, 0.5) is 5.69 Å². The Morgan fingerprint density at radius 2 is 1.81 bits per heavy atom. The molecule has 2 aromatic carbocycles. The number of aromatic nitrogens is 2. The van der Waals surface area contributed by atoms with Crippen molar-refractivity contribution in [3.8, 4) is 11.4 Å². The van der Waals surface area contributed by atoms with Gasteiger partial charge in [0.05, 0.1) is 29.9 Å². The standard InChI is InChI=1S/C25H21ClN4OS/c1-31-22-11-10-19(15-20(22)26)30-24(23(28-25(30)32)21-9-5-6-13-27-21)17-12-14-29(16-17)18-7-3-2-4-8-18/h2-16,23-24H,1H3,(H,28,32)/t23-,24+/m1/s1. The van der Waals surface area contributed by atoms with Crippen LogP contribution in [0.1, 0.15) is 23.3 Å². The molecule has 1 fully saturated rings. The Morgan fingerprint density at radius 3 is 2.53 bits per heavy atom. The van der Waals surface area contributed by atoms with Gasteiger partial charge in [0.25, 0.3) is 0 Å². The van der Waals surface area contributed by atoms with Crippen LogP contribution < -0.4 is 15.0 Å². The lowest BCUT2D eigenvalue weighted by atomic mass is 9.98. The number of para-hydroxylation sites is 1. The number of nitrogens with zero attached hydrogens (tertiary/aromatic N) is 3. The van der Waals surface area contributed by atoms with Crippen molar-refractivity contribution in [2.24, 2.45) is 0 Å². The number of halogens is 1. The predicted octanol–water partition coefficient (Wildman–Crippen LogP) is 5.71. The third kappa shape index (κ3) is 3.72. The van der Waals surface area contributed by atoms with Crippen LogP contribution in [-0.4, -0.2) is 21.8 Å². The molecule has 0 bridgehead atoms. The summed E-state index contributed by atoms with van der Waals surface area (Å²) in [6, 6.07) is 23.8. The average Bonchev–Trinajstić information content (AvgIpc) is 3.45. The van der Waals surface area contributed by atoms with Gasteiger partial charge in [0.1, 0.15) is 5.75 Å². The number of thiocarbonyl (C=S) groups is 1. The third-order valence-electron chi connectivity index (χ3n) is 5.62. The Labute approximate surface area is 197 Å². The first-order valence-electron chi connectivity index (χ1n) is 10.2. The molecule has 0 unspecified atom stereocenters. The molecule has 160 valence electrons. The quantitative estimate of drug-likeness (QED) is 0.386. The van der Waals surface area contributed by atoms with Crippen LogP contribution in [0, 0.1) is 0 Å². The molecule has 0 saturated carbocycles. The number of ether oxygens (including phenoxy) is 1. The SMILES string of the molecule is COc1ccc(N2C(=S)N[C@H](c3ccccn3)[C@@H]2c2ccn(-c3ccccc3)c2)cc1Cl. The van der Waals surface area contributed by atoms with Crippen molar-refractivity contribution >= 4 is 34.6 Å². The van der Waals surface area contributed by atoms with Crippen molar-refractivity contribution in [3.63, 3.8) is 0 Å². The fourth-order valence-corrected chi connectivity index (χ4v) is 4.72. The molecule has 2 atom stereocenters. The molecule has 3 heterocycles. The van der Waals surface area contributed by atoms with Gasteiger partial charge in [0, 0.05) is 30.0 Å². The highest BCUT2D eigenvalue weighted by molar-refractivity contribution is 7.80. The summed E-state index contributed by atoms with van der Waals surface area (Å²) in [5.74, 6) is 0.626. The van der Waals surface area contributed by atoms with Gasteiger partial charge in [-0.15, -0.1) is 0 Å². The second-order valence-electron chi connectivity index (χ2n) is 7.50. The molecule has 32 heavy (non-hydrogen) atoms. The number of methoxy groups -OCH3 is 1. The van der Waals surface area contributed by atoms with Crippen LogP contribution in [0.3, 0.4) is 0 Å². The van der Waals surface area contributed by atoms with Gasteiger partial charge in [-0.05, 0) is 66.3 Å². The van der Waals surface area contributed by atoms with E-state index in [4.69, 9.17) is 28.6 Å². The van der Waals surface area contributed by atoms with E-state index in [2.05, 4.69) is 50.4 Å². The van der Waals surface area contributed by atoms with Gasteiger partial charge in [-0.1, -0.05) is 35.9 Å². The Morgan fingerprint density at radius 1 is 1.00 bits per heavy atom. The highest BCUT2D eigenvalue weighted by atomic mass is 35.5. The molecule has 5 nitrogen and oxygen atoms in total. The summed E-state index contributed by atoms with van der Waals surface area (Å²) >= 11 is 12.2. The van der Waals surface area contributed by atoms with E-state index in [1.807, 2.05) is 54.6 Å². The van der Waals surface area contributed by atoms with E-state index in [1.165, 1.54) is 0 Å². The Hall–Kier alpha value is -3.35. The Kier molecular flexibility index (Phi) is 5.55. The van der Waals surface area contributed by atoms with Crippen LogP contribution >= 0.6 is 23.8 Å². The van der Waals surface area contributed by atoms with Crippen molar-refractivity contribution < 1.29 is 4.74 Å². The van der Waals surface area contributed by atoms with Crippen molar-refractivity contribution in [1.82, 2.24) is 14.9 Å². The highest BCUT2D eigenvalue weighted by Crippen LogP contribution is 2.43. The van der Waals surface area contributed by atoms with Crippen LogP contribution in [0.25, 0.3) is 5.69 Å². The summed E-state index contributed by atoms with van der Waals surface area (Å²) in [7, 11) is 1.61. The van der Waals surface area contributed by atoms with Gasteiger partial charge in [0.15, 0.2) is 5.11 Å². The first-order chi connectivity index (χ1) is 15.7. The number of pyridine rings is 1. The van der Waals surface area contributed by atoms with Crippen molar-refractivity contribution in [2.75, 3.05) is 12.0 Å². The summed E-state index contributed by atoms with van der Waals surface area (Å²) < 4.78 is 7.45. The summed E-state index contributed by atoms with van der Waals surface area (Å²) in [5, 5.41) is 4.64. The lowest BCUT2D eigenvalue weighted by molar-refractivity contribution is 0.415. The first-order valence-corrected chi connectivity index (χ1v) is 11.0. The van der Waals surface area contributed by atoms with E-state index in [0.29, 0.717) is 15.9 Å². The normalized spacial score (nSPS) is 17.9. The second-order valence-corrected chi connectivity index (χ2v) is 8.30. The van der Waals surface area contributed by atoms with Crippen LogP contribution in [0.2, 0.25) is 5.02 Å². The third-order valence-corrected chi connectivity index (χ3v) is 6.23. The molecule has 0 aliphatic carbocycles. The molecule has 1 saturated heterocycles. The smallest absolute Gasteiger partial charge is 0.174 e. The van der Waals surface area contributed by atoms with Gasteiger partial charge >= 0.3 is 0 Å². The maximum Gasteiger partial charge on any atom is 0.174 e. The van der Waals surface area contributed by atoms with E-state index in [0.717, 1.165) is 22.6 Å². The minimum atomic E-state index is -0.115. The van der Waals surface area contributed by atoms with E-state index in [1.54, 1.807) is 13.3 Å². The minimum absolute atomic E-state index is 0.105. The molecule has 5 rings (SSSR count). The molecule has 0 radical (unpaired) electrons. The zero-order valence-electron chi connectivity index (χ0n) is 17.4. The molecule has 7 heteroatoms. The van der Waals surface area contributed by atoms with Gasteiger partial charge in [-0.25, -0.2) is 0 Å². The number of hydrogen-bond acceptors (Lipinski definition) is 3. The molecule has 1 aliphatic heterocycles. The Bertz CT molecular complexity index is 1250. The summed E-state index contributed by atoms with van der Waals surface area (Å²) in [5.41, 5.74) is 4.03. The molecular formula is C25H21ClN4OS. The number of nitrogens with one attached hydrogen (secondary N) is 1. The Balaban J connectivity index is 1.60. The predicted molar refractivity (Wildman–Crippen MR) is 132 cm³/mol. The van der Waals surface area contributed by atoms with E-state index in [-0.39, 0.29) is 12.1 Å². The van der Waals surface area contributed by atoms with Gasteiger partial charge < -0.3 is 19.5 Å². The summed E-state index contributed by atoms with van der Waals surface area (Å²) in [6.45, 7) is 0. The molecule has 1 N–H and O–H groups in total. The van der Waals surface area contributed by atoms with Gasteiger partial charge in [0.2, 0.25) is 0 Å². The molecule has 2 aromatic heterocycles.